The Labute approximate surface area is 167 Å². The Kier molecular flexibility index (Phi) is 5.21. The molecular formula is C22H22BrNO3. The third-order valence-electron chi connectivity index (χ3n) is 4.98. The minimum atomic E-state index is -0.341. The number of rotatable bonds is 5. The first-order valence-corrected chi connectivity index (χ1v) is 10.2. The molecule has 0 atom stereocenters. The lowest BCUT2D eigenvalue weighted by molar-refractivity contribution is 0.0516. The Morgan fingerprint density at radius 1 is 1.11 bits per heavy atom. The fraction of sp³-hybridized carbons (Fsp3) is 0.318. The van der Waals surface area contributed by atoms with Gasteiger partial charge in [-0.05, 0) is 78.9 Å². The van der Waals surface area contributed by atoms with Gasteiger partial charge in [0.1, 0.15) is 11.4 Å². The molecule has 4 nitrogen and oxygen atoms in total. The summed E-state index contributed by atoms with van der Waals surface area (Å²) in [6.07, 6.45) is 5.07. The summed E-state index contributed by atoms with van der Waals surface area (Å²) in [5.74, 6) is 0.533. The zero-order chi connectivity index (χ0) is 18.8. The van der Waals surface area contributed by atoms with Crippen LogP contribution in [0.1, 0.15) is 43.1 Å². The average Bonchev–Trinajstić information content (AvgIpc) is 3.29. The molecule has 1 heterocycles. The van der Waals surface area contributed by atoms with E-state index in [1.54, 1.807) is 0 Å². The number of esters is 1. The van der Waals surface area contributed by atoms with E-state index in [-0.39, 0.29) is 5.97 Å². The third kappa shape index (κ3) is 3.48. The molecule has 0 radical (unpaired) electrons. The SMILES string of the molecule is CCOC(=O)c1c(Br)c2ccccc2n1-c1ccc(OC2CCCC2)cc1. The predicted octanol–water partition coefficient (Wildman–Crippen LogP) is 5.89. The maximum Gasteiger partial charge on any atom is 0.356 e. The molecule has 0 unspecified atom stereocenters. The second-order valence-corrected chi connectivity index (χ2v) is 7.55. The van der Waals surface area contributed by atoms with E-state index in [0.717, 1.165) is 39.7 Å². The molecular weight excluding hydrogens is 406 g/mol. The highest BCUT2D eigenvalue weighted by Gasteiger charge is 2.23. The molecule has 1 aliphatic carbocycles. The van der Waals surface area contributed by atoms with E-state index < -0.39 is 0 Å². The van der Waals surface area contributed by atoms with Crippen molar-refractivity contribution in [3.63, 3.8) is 0 Å². The predicted molar refractivity (Wildman–Crippen MR) is 110 cm³/mol. The number of halogens is 1. The summed E-state index contributed by atoms with van der Waals surface area (Å²) >= 11 is 3.60. The van der Waals surface area contributed by atoms with Crippen LogP contribution in [-0.4, -0.2) is 23.2 Å². The summed E-state index contributed by atoms with van der Waals surface area (Å²) in [5.41, 5.74) is 2.36. The molecule has 2 aromatic carbocycles. The van der Waals surface area contributed by atoms with Crippen LogP contribution in [-0.2, 0) is 4.74 Å². The maximum absolute atomic E-state index is 12.6. The highest BCUT2D eigenvalue weighted by Crippen LogP contribution is 2.35. The summed E-state index contributed by atoms with van der Waals surface area (Å²) < 4.78 is 14.1. The van der Waals surface area contributed by atoms with Crippen LogP contribution >= 0.6 is 15.9 Å². The van der Waals surface area contributed by atoms with E-state index >= 15 is 0 Å². The van der Waals surface area contributed by atoms with Crippen molar-refractivity contribution in [2.45, 2.75) is 38.7 Å². The van der Waals surface area contributed by atoms with Crippen molar-refractivity contribution in [1.29, 1.82) is 0 Å². The van der Waals surface area contributed by atoms with Crippen LogP contribution in [0.15, 0.2) is 53.0 Å². The number of carbonyl (C=O) groups is 1. The minimum Gasteiger partial charge on any atom is -0.490 e. The second-order valence-electron chi connectivity index (χ2n) is 6.75. The van der Waals surface area contributed by atoms with E-state index in [4.69, 9.17) is 9.47 Å². The number of para-hydroxylation sites is 1. The van der Waals surface area contributed by atoms with Gasteiger partial charge in [-0.3, -0.25) is 0 Å². The van der Waals surface area contributed by atoms with Crippen LogP contribution in [0.4, 0.5) is 0 Å². The minimum absolute atomic E-state index is 0.326. The van der Waals surface area contributed by atoms with Gasteiger partial charge < -0.3 is 14.0 Å². The third-order valence-corrected chi connectivity index (χ3v) is 5.78. The fourth-order valence-electron chi connectivity index (χ4n) is 3.72. The van der Waals surface area contributed by atoms with Gasteiger partial charge in [0.15, 0.2) is 0 Å². The van der Waals surface area contributed by atoms with Gasteiger partial charge in [0.25, 0.3) is 0 Å². The first-order valence-electron chi connectivity index (χ1n) is 9.42. The number of aromatic nitrogens is 1. The molecule has 140 valence electrons. The van der Waals surface area contributed by atoms with Crippen LogP contribution in [0, 0.1) is 0 Å². The topological polar surface area (TPSA) is 40.5 Å². The van der Waals surface area contributed by atoms with Crippen LogP contribution in [0.25, 0.3) is 16.6 Å². The molecule has 5 heteroatoms. The number of fused-ring (bicyclic) bond motifs is 1. The standard InChI is InChI=1S/C22H22BrNO3/c1-2-26-22(25)21-20(23)18-9-5-6-10-19(18)24(21)15-11-13-17(14-12-15)27-16-7-3-4-8-16/h5-6,9-14,16H,2-4,7-8H2,1H3. The highest BCUT2D eigenvalue weighted by atomic mass is 79.9. The van der Waals surface area contributed by atoms with Gasteiger partial charge in [-0.2, -0.15) is 0 Å². The lowest BCUT2D eigenvalue weighted by Gasteiger charge is -2.15. The maximum atomic E-state index is 12.6. The van der Waals surface area contributed by atoms with Gasteiger partial charge >= 0.3 is 5.97 Å². The lowest BCUT2D eigenvalue weighted by atomic mass is 10.2. The monoisotopic (exact) mass is 427 g/mol. The Morgan fingerprint density at radius 2 is 1.81 bits per heavy atom. The van der Waals surface area contributed by atoms with Gasteiger partial charge in [-0.25, -0.2) is 4.79 Å². The number of ether oxygens (including phenoxy) is 2. The van der Waals surface area contributed by atoms with Crippen molar-refractivity contribution in [2.24, 2.45) is 0 Å². The summed E-state index contributed by atoms with van der Waals surface area (Å²) in [7, 11) is 0. The van der Waals surface area contributed by atoms with E-state index in [1.165, 1.54) is 12.8 Å². The van der Waals surface area contributed by atoms with E-state index in [2.05, 4.69) is 15.9 Å². The summed E-state index contributed by atoms with van der Waals surface area (Å²) in [5, 5.41) is 0.979. The molecule has 0 N–H and O–H groups in total. The molecule has 0 saturated heterocycles. The molecule has 1 aromatic heterocycles. The first kappa shape index (κ1) is 18.1. The molecule has 0 amide bonds. The first-order chi connectivity index (χ1) is 13.2. The fourth-order valence-corrected chi connectivity index (χ4v) is 4.40. The van der Waals surface area contributed by atoms with Gasteiger partial charge in [0, 0.05) is 11.1 Å². The Bertz CT molecular complexity index is 956. The molecule has 1 fully saturated rings. The summed E-state index contributed by atoms with van der Waals surface area (Å²) in [6, 6.07) is 15.9. The summed E-state index contributed by atoms with van der Waals surface area (Å²) in [6.45, 7) is 2.15. The molecule has 3 aromatic rings. The van der Waals surface area contributed by atoms with Gasteiger partial charge in [0.05, 0.1) is 22.7 Å². The smallest absolute Gasteiger partial charge is 0.356 e. The normalized spacial score (nSPS) is 14.6. The molecule has 27 heavy (non-hydrogen) atoms. The van der Waals surface area contributed by atoms with E-state index in [9.17, 15) is 4.79 Å². The van der Waals surface area contributed by atoms with Crippen LogP contribution in [0.2, 0.25) is 0 Å². The quantitative estimate of drug-likeness (QED) is 0.476. The van der Waals surface area contributed by atoms with Crippen LogP contribution in [0.5, 0.6) is 5.75 Å². The highest BCUT2D eigenvalue weighted by molar-refractivity contribution is 9.10. The van der Waals surface area contributed by atoms with Crippen LogP contribution in [0.3, 0.4) is 0 Å². The van der Waals surface area contributed by atoms with Gasteiger partial charge in [-0.1, -0.05) is 18.2 Å². The number of carbonyl (C=O) groups excluding carboxylic acids is 1. The van der Waals surface area contributed by atoms with Crippen molar-refractivity contribution in [2.75, 3.05) is 6.61 Å². The average molecular weight is 428 g/mol. The molecule has 1 saturated carbocycles. The zero-order valence-corrected chi connectivity index (χ0v) is 16.9. The molecule has 1 aliphatic rings. The molecule has 4 rings (SSSR count). The number of hydrogen-bond donors (Lipinski definition) is 0. The Morgan fingerprint density at radius 3 is 2.52 bits per heavy atom. The van der Waals surface area contributed by atoms with Crippen LogP contribution < -0.4 is 4.74 Å². The van der Waals surface area contributed by atoms with Crippen molar-refractivity contribution in [3.8, 4) is 11.4 Å². The van der Waals surface area contributed by atoms with Crippen molar-refractivity contribution < 1.29 is 14.3 Å². The number of hydrogen-bond acceptors (Lipinski definition) is 3. The zero-order valence-electron chi connectivity index (χ0n) is 15.3. The largest absolute Gasteiger partial charge is 0.490 e. The Hall–Kier alpha value is -2.27. The molecule has 0 spiro atoms. The molecule has 0 aliphatic heterocycles. The van der Waals surface area contributed by atoms with Gasteiger partial charge in [-0.15, -0.1) is 0 Å². The van der Waals surface area contributed by atoms with Crippen molar-refractivity contribution in [3.05, 3.63) is 58.7 Å². The van der Waals surface area contributed by atoms with Crippen molar-refractivity contribution >= 4 is 32.8 Å². The Balaban J connectivity index is 1.75. The van der Waals surface area contributed by atoms with E-state index in [1.807, 2.05) is 60.0 Å². The van der Waals surface area contributed by atoms with Gasteiger partial charge in [0.2, 0.25) is 0 Å². The van der Waals surface area contributed by atoms with E-state index in [0.29, 0.717) is 18.4 Å². The second kappa shape index (κ2) is 7.77. The number of benzene rings is 2. The lowest BCUT2D eigenvalue weighted by Crippen LogP contribution is -2.12. The molecule has 0 bridgehead atoms. The summed E-state index contributed by atoms with van der Waals surface area (Å²) in [4.78, 5) is 12.6. The number of nitrogens with zero attached hydrogens (tertiary/aromatic N) is 1. The van der Waals surface area contributed by atoms with Crippen molar-refractivity contribution in [1.82, 2.24) is 4.57 Å².